The first kappa shape index (κ1) is 19.0. The molecule has 2 saturated heterocycles. The van der Waals surface area contributed by atoms with Gasteiger partial charge in [-0.05, 0) is 42.5 Å². The van der Waals surface area contributed by atoms with Crippen LogP contribution in [0.3, 0.4) is 0 Å². The van der Waals surface area contributed by atoms with Crippen LogP contribution in [0.25, 0.3) is 0 Å². The van der Waals surface area contributed by atoms with Crippen molar-refractivity contribution in [2.75, 3.05) is 52.9 Å². The Bertz CT molecular complexity index is 885. The van der Waals surface area contributed by atoms with E-state index in [9.17, 15) is 9.59 Å². The predicted molar refractivity (Wildman–Crippen MR) is 114 cm³/mol. The second-order valence-corrected chi connectivity index (χ2v) is 8.16. The van der Waals surface area contributed by atoms with E-state index >= 15 is 0 Å². The summed E-state index contributed by atoms with van der Waals surface area (Å²) in [5.74, 6) is 1.97. The molecule has 0 unspecified atom stereocenters. The minimum atomic E-state index is -0.362. The summed E-state index contributed by atoms with van der Waals surface area (Å²) in [7, 11) is 0. The number of halogens is 1. The molecular weight excluding hydrogens is 398 g/mol. The molecule has 0 aromatic heterocycles. The maximum atomic E-state index is 12.5. The van der Waals surface area contributed by atoms with E-state index in [4.69, 9.17) is 16.3 Å². The Kier molecular flexibility index (Phi) is 5.64. The van der Waals surface area contributed by atoms with Crippen molar-refractivity contribution >= 4 is 52.4 Å². The molecule has 0 spiro atoms. The zero-order chi connectivity index (χ0) is 19.5. The number of ether oxygens (including phenoxy) is 1. The monoisotopic (exact) mass is 417 g/mol. The molecule has 6 nitrogen and oxygen atoms in total. The first-order valence-corrected chi connectivity index (χ1v) is 10.6. The smallest absolute Gasteiger partial charge is 0.414 e. The molecule has 2 aromatic rings. The normalized spacial score (nSPS) is 16.8. The number of carbonyl (C=O) groups excluding carboxylic acids is 2. The number of cyclic esters (lactones) is 1. The summed E-state index contributed by atoms with van der Waals surface area (Å²) in [4.78, 5) is 28.0. The molecule has 146 valence electrons. The molecule has 2 fully saturated rings. The van der Waals surface area contributed by atoms with Gasteiger partial charge in [0.1, 0.15) is 6.61 Å². The Morgan fingerprint density at radius 1 is 1.07 bits per heavy atom. The molecule has 28 heavy (non-hydrogen) atoms. The van der Waals surface area contributed by atoms with Crippen LogP contribution in [0.5, 0.6) is 0 Å². The predicted octanol–water partition coefficient (Wildman–Crippen LogP) is 4.10. The molecule has 8 heteroatoms. The standard InChI is InChI=1S/C20H20ClN3O3S/c21-17-13-15(3-6-18(17)23-8-11-28-12-9-23)22-19(25)14-1-4-16(5-2-14)24-7-10-27-20(24)26/h1-6,13H,7-12H2,(H,22,25). The minimum absolute atomic E-state index is 0.228. The molecule has 2 aromatic carbocycles. The second kappa shape index (κ2) is 8.32. The minimum Gasteiger partial charge on any atom is -0.447 e. The number of carbonyl (C=O) groups is 2. The molecule has 0 atom stereocenters. The highest BCUT2D eigenvalue weighted by molar-refractivity contribution is 7.99. The van der Waals surface area contributed by atoms with Crippen molar-refractivity contribution in [3.63, 3.8) is 0 Å². The van der Waals surface area contributed by atoms with E-state index in [-0.39, 0.29) is 12.0 Å². The van der Waals surface area contributed by atoms with Crippen molar-refractivity contribution in [2.45, 2.75) is 0 Å². The lowest BCUT2D eigenvalue weighted by Gasteiger charge is -2.29. The average molecular weight is 418 g/mol. The van der Waals surface area contributed by atoms with Gasteiger partial charge < -0.3 is 15.0 Å². The quantitative estimate of drug-likeness (QED) is 0.811. The van der Waals surface area contributed by atoms with Gasteiger partial charge in [0.25, 0.3) is 5.91 Å². The van der Waals surface area contributed by atoms with E-state index < -0.39 is 0 Å². The van der Waals surface area contributed by atoms with Gasteiger partial charge in [-0.2, -0.15) is 11.8 Å². The molecule has 1 N–H and O–H groups in total. The average Bonchev–Trinajstić information content (AvgIpc) is 3.15. The molecule has 4 rings (SSSR count). The van der Waals surface area contributed by atoms with Crippen molar-refractivity contribution in [2.24, 2.45) is 0 Å². The fourth-order valence-corrected chi connectivity index (χ4v) is 4.47. The highest BCUT2D eigenvalue weighted by atomic mass is 35.5. The van der Waals surface area contributed by atoms with E-state index in [1.807, 2.05) is 23.9 Å². The number of nitrogens with one attached hydrogen (secondary N) is 1. The topological polar surface area (TPSA) is 61.9 Å². The molecule has 2 heterocycles. The fraction of sp³-hybridized carbons (Fsp3) is 0.300. The number of benzene rings is 2. The van der Waals surface area contributed by atoms with Gasteiger partial charge in [-0.3, -0.25) is 9.69 Å². The molecule has 2 amide bonds. The summed E-state index contributed by atoms with van der Waals surface area (Å²) in [5.41, 5.74) is 2.87. The molecule has 0 radical (unpaired) electrons. The van der Waals surface area contributed by atoms with Crippen molar-refractivity contribution in [1.82, 2.24) is 0 Å². The van der Waals surface area contributed by atoms with Gasteiger partial charge >= 0.3 is 6.09 Å². The first-order valence-electron chi connectivity index (χ1n) is 9.10. The second-order valence-electron chi connectivity index (χ2n) is 6.53. The number of hydrogen-bond acceptors (Lipinski definition) is 5. The van der Waals surface area contributed by atoms with Gasteiger partial charge in [-0.1, -0.05) is 11.6 Å². The summed E-state index contributed by atoms with van der Waals surface area (Å²) in [5, 5.41) is 3.51. The molecule has 0 aliphatic carbocycles. The van der Waals surface area contributed by atoms with Gasteiger partial charge in [0.05, 0.1) is 17.3 Å². The van der Waals surface area contributed by atoms with Gasteiger partial charge in [-0.25, -0.2) is 4.79 Å². The Hall–Kier alpha value is -2.38. The lowest BCUT2D eigenvalue weighted by Crippen LogP contribution is -2.32. The molecule has 0 saturated carbocycles. The maximum absolute atomic E-state index is 12.5. The van der Waals surface area contributed by atoms with Crippen molar-refractivity contribution in [3.8, 4) is 0 Å². The molecular formula is C20H20ClN3O3S. The lowest BCUT2D eigenvalue weighted by atomic mass is 10.1. The lowest BCUT2D eigenvalue weighted by molar-refractivity contribution is 0.102. The van der Waals surface area contributed by atoms with Gasteiger partial charge in [0.15, 0.2) is 0 Å². The van der Waals surface area contributed by atoms with Gasteiger partial charge in [0.2, 0.25) is 0 Å². The van der Waals surface area contributed by atoms with Crippen molar-refractivity contribution < 1.29 is 14.3 Å². The summed E-state index contributed by atoms with van der Waals surface area (Å²) in [6.45, 7) is 2.86. The number of hydrogen-bond donors (Lipinski definition) is 1. The first-order chi connectivity index (χ1) is 13.6. The van der Waals surface area contributed by atoms with Crippen LogP contribution in [-0.2, 0) is 4.74 Å². The fourth-order valence-electron chi connectivity index (χ4n) is 3.27. The van der Waals surface area contributed by atoms with Crippen LogP contribution < -0.4 is 15.1 Å². The Morgan fingerprint density at radius 2 is 1.82 bits per heavy atom. The molecule has 2 aliphatic heterocycles. The van der Waals surface area contributed by atoms with Crippen LogP contribution in [0.15, 0.2) is 42.5 Å². The molecule has 2 aliphatic rings. The summed E-state index contributed by atoms with van der Waals surface area (Å²) in [6, 6.07) is 12.5. The number of thioether (sulfide) groups is 1. The van der Waals surface area contributed by atoms with Crippen molar-refractivity contribution in [1.29, 1.82) is 0 Å². The third kappa shape index (κ3) is 4.05. The van der Waals surface area contributed by atoms with Crippen LogP contribution in [0.4, 0.5) is 21.9 Å². The highest BCUT2D eigenvalue weighted by Gasteiger charge is 2.23. The van der Waals surface area contributed by atoms with Crippen molar-refractivity contribution in [3.05, 3.63) is 53.1 Å². The third-order valence-electron chi connectivity index (χ3n) is 4.76. The maximum Gasteiger partial charge on any atom is 0.414 e. The Labute approximate surface area is 172 Å². The SMILES string of the molecule is O=C(Nc1ccc(N2CCSCC2)c(Cl)c1)c1ccc(N2CCOC2=O)cc1. The zero-order valence-corrected chi connectivity index (χ0v) is 16.8. The van der Waals surface area contributed by atoms with Gasteiger partial charge in [-0.15, -0.1) is 0 Å². The van der Waals surface area contributed by atoms with Crippen LogP contribution >= 0.6 is 23.4 Å². The van der Waals surface area contributed by atoms with E-state index in [1.54, 1.807) is 35.2 Å². The number of anilines is 3. The number of amides is 2. The van der Waals surface area contributed by atoms with Crippen LogP contribution in [0, 0.1) is 0 Å². The van der Waals surface area contributed by atoms with Gasteiger partial charge in [0, 0.05) is 41.5 Å². The van der Waals surface area contributed by atoms with E-state index in [0.29, 0.717) is 35.1 Å². The van der Waals surface area contributed by atoms with E-state index in [1.165, 1.54) is 0 Å². The van der Waals surface area contributed by atoms with Crippen LogP contribution in [0.2, 0.25) is 5.02 Å². The van der Waals surface area contributed by atoms with Crippen LogP contribution in [-0.4, -0.2) is 49.7 Å². The van der Waals surface area contributed by atoms with E-state index in [2.05, 4.69) is 10.2 Å². The van der Waals surface area contributed by atoms with Crippen LogP contribution in [0.1, 0.15) is 10.4 Å². The summed E-state index contributed by atoms with van der Waals surface area (Å²) in [6.07, 6.45) is -0.362. The zero-order valence-electron chi connectivity index (χ0n) is 15.2. The number of nitrogens with zero attached hydrogens (tertiary/aromatic N) is 2. The summed E-state index contributed by atoms with van der Waals surface area (Å²) >= 11 is 8.40. The molecule has 0 bridgehead atoms. The third-order valence-corrected chi connectivity index (χ3v) is 6.00. The Morgan fingerprint density at radius 3 is 2.46 bits per heavy atom. The largest absolute Gasteiger partial charge is 0.447 e. The highest BCUT2D eigenvalue weighted by Crippen LogP contribution is 2.30. The van der Waals surface area contributed by atoms with E-state index in [0.717, 1.165) is 30.3 Å². The Balaban J connectivity index is 1.43. The summed E-state index contributed by atoms with van der Waals surface area (Å²) < 4.78 is 4.93. The number of rotatable bonds is 4.